The van der Waals surface area contributed by atoms with Crippen molar-refractivity contribution in [2.45, 2.75) is 19.4 Å². The molecule has 0 aromatic heterocycles. The Morgan fingerprint density at radius 2 is 2.40 bits per heavy atom. The predicted octanol–water partition coefficient (Wildman–Crippen LogP) is 1.28. The lowest BCUT2D eigenvalue weighted by Crippen LogP contribution is -2.44. The second-order valence-corrected chi connectivity index (χ2v) is 4.79. The molecule has 1 unspecified atom stereocenters. The van der Waals surface area contributed by atoms with Crippen LogP contribution in [0.15, 0.2) is 24.3 Å². The molecule has 0 bridgehead atoms. The number of ether oxygens (including phenoxy) is 1. The minimum absolute atomic E-state index is 0.0194. The first-order chi connectivity index (χ1) is 9.70. The van der Waals surface area contributed by atoms with E-state index in [2.05, 4.69) is 11.8 Å². The third-order valence-corrected chi connectivity index (χ3v) is 3.11. The zero-order valence-electron chi connectivity index (χ0n) is 11.6. The van der Waals surface area contributed by atoms with Crippen molar-refractivity contribution in [3.05, 3.63) is 35.4 Å². The van der Waals surface area contributed by atoms with Gasteiger partial charge in [-0.3, -0.25) is 4.79 Å². The number of aliphatic hydroxyl groups is 1. The van der Waals surface area contributed by atoms with Crippen LogP contribution in [0.2, 0.25) is 0 Å². The fourth-order valence-corrected chi connectivity index (χ4v) is 2.14. The quantitative estimate of drug-likeness (QED) is 0.826. The van der Waals surface area contributed by atoms with Gasteiger partial charge in [-0.05, 0) is 25.1 Å². The lowest BCUT2D eigenvalue weighted by Gasteiger charge is -2.31. The van der Waals surface area contributed by atoms with Crippen molar-refractivity contribution in [1.29, 1.82) is 0 Å². The number of rotatable bonds is 2. The van der Waals surface area contributed by atoms with Gasteiger partial charge in [-0.25, -0.2) is 0 Å². The maximum absolute atomic E-state index is 12.4. The Labute approximate surface area is 119 Å². The van der Waals surface area contributed by atoms with Crippen molar-refractivity contribution in [2.75, 3.05) is 26.3 Å². The van der Waals surface area contributed by atoms with Crippen LogP contribution in [-0.2, 0) is 4.74 Å². The van der Waals surface area contributed by atoms with Crippen molar-refractivity contribution < 1.29 is 14.6 Å². The van der Waals surface area contributed by atoms with Crippen molar-refractivity contribution in [1.82, 2.24) is 4.90 Å². The summed E-state index contributed by atoms with van der Waals surface area (Å²) in [6, 6.07) is 7.30. The van der Waals surface area contributed by atoms with E-state index in [1.165, 1.54) is 0 Å². The highest BCUT2D eigenvalue weighted by molar-refractivity contribution is 5.94. The number of aliphatic hydroxyl groups excluding tert-OH is 1. The SMILES string of the molecule is CC1CN(C(=O)c2cccc(C#CCCO)c2)CCO1. The van der Waals surface area contributed by atoms with Crippen molar-refractivity contribution in [3.63, 3.8) is 0 Å². The van der Waals surface area contributed by atoms with Gasteiger partial charge >= 0.3 is 0 Å². The normalized spacial score (nSPS) is 18.3. The largest absolute Gasteiger partial charge is 0.395 e. The van der Waals surface area contributed by atoms with Crippen LogP contribution in [-0.4, -0.2) is 48.3 Å². The van der Waals surface area contributed by atoms with Gasteiger partial charge in [0.1, 0.15) is 0 Å². The van der Waals surface area contributed by atoms with E-state index >= 15 is 0 Å². The van der Waals surface area contributed by atoms with Gasteiger partial charge in [-0.2, -0.15) is 0 Å². The molecule has 1 saturated heterocycles. The van der Waals surface area contributed by atoms with Gasteiger partial charge in [0.2, 0.25) is 0 Å². The van der Waals surface area contributed by atoms with E-state index in [0.717, 1.165) is 5.56 Å². The van der Waals surface area contributed by atoms with Crippen LogP contribution in [0, 0.1) is 11.8 Å². The summed E-state index contributed by atoms with van der Waals surface area (Å²) < 4.78 is 5.44. The summed E-state index contributed by atoms with van der Waals surface area (Å²) in [6.45, 7) is 3.86. The Bertz CT molecular complexity index is 530. The number of hydrogen-bond donors (Lipinski definition) is 1. The predicted molar refractivity (Wildman–Crippen MR) is 76.3 cm³/mol. The van der Waals surface area contributed by atoms with E-state index in [0.29, 0.717) is 31.7 Å². The lowest BCUT2D eigenvalue weighted by molar-refractivity contribution is -0.0124. The minimum atomic E-state index is 0.0194. The number of nitrogens with zero attached hydrogens (tertiary/aromatic N) is 1. The number of carbonyl (C=O) groups excluding carboxylic acids is 1. The third-order valence-electron chi connectivity index (χ3n) is 3.11. The first kappa shape index (κ1) is 14.6. The van der Waals surface area contributed by atoms with Gasteiger partial charge < -0.3 is 14.7 Å². The summed E-state index contributed by atoms with van der Waals surface area (Å²) in [4.78, 5) is 14.2. The van der Waals surface area contributed by atoms with Crippen molar-refractivity contribution >= 4 is 5.91 Å². The molecular formula is C16H19NO3. The molecule has 1 aliphatic rings. The molecule has 1 aromatic rings. The fourth-order valence-electron chi connectivity index (χ4n) is 2.14. The molecule has 106 valence electrons. The zero-order chi connectivity index (χ0) is 14.4. The van der Waals surface area contributed by atoms with Crippen LogP contribution in [0.25, 0.3) is 0 Å². The average Bonchev–Trinajstić information content (AvgIpc) is 2.47. The van der Waals surface area contributed by atoms with Crippen LogP contribution in [0.3, 0.4) is 0 Å². The molecule has 1 N–H and O–H groups in total. The highest BCUT2D eigenvalue weighted by Gasteiger charge is 2.22. The molecular weight excluding hydrogens is 254 g/mol. The number of amides is 1. The van der Waals surface area contributed by atoms with Crippen LogP contribution in [0.1, 0.15) is 29.3 Å². The highest BCUT2D eigenvalue weighted by Crippen LogP contribution is 2.12. The second kappa shape index (κ2) is 7.09. The molecule has 2 rings (SSSR count). The Kier molecular flexibility index (Phi) is 5.16. The maximum Gasteiger partial charge on any atom is 0.254 e. The summed E-state index contributed by atoms with van der Waals surface area (Å²) >= 11 is 0. The molecule has 0 radical (unpaired) electrons. The first-order valence-electron chi connectivity index (χ1n) is 6.81. The van der Waals surface area contributed by atoms with E-state index in [4.69, 9.17) is 9.84 Å². The Balaban J connectivity index is 2.10. The lowest BCUT2D eigenvalue weighted by atomic mass is 10.1. The minimum Gasteiger partial charge on any atom is -0.395 e. The number of benzene rings is 1. The summed E-state index contributed by atoms with van der Waals surface area (Å²) in [7, 11) is 0. The van der Waals surface area contributed by atoms with E-state index in [9.17, 15) is 4.79 Å². The Morgan fingerprint density at radius 1 is 1.55 bits per heavy atom. The van der Waals surface area contributed by atoms with Gasteiger partial charge in [0.15, 0.2) is 0 Å². The van der Waals surface area contributed by atoms with E-state index < -0.39 is 0 Å². The average molecular weight is 273 g/mol. The molecule has 0 aliphatic carbocycles. The van der Waals surface area contributed by atoms with Crippen molar-refractivity contribution in [2.24, 2.45) is 0 Å². The molecule has 1 amide bonds. The van der Waals surface area contributed by atoms with E-state index in [-0.39, 0.29) is 18.6 Å². The second-order valence-electron chi connectivity index (χ2n) is 4.79. The first-order valence-corrected chi connectivity index (χ1v) is 6.81. The molecule has 0 saturated carbocycles. The topological polar surface area (TPSA) is 49.8 Å². The molecule has 1 atom stereocenters. The number of carbonyl (C=O) groups is 1. The van der Waals surface area contributed by atoms with Gasteiger partial charge in [0.25, 0.3) is 5.91 Å². The number of hydrogen-bond acceptors (Lipinski definition) is 3. The van der Waals surface area contributed by atoms with Gasteiger partial charge in [-0.1, -0.05) is 17.9 Å². The molecule has 1 fully saturated rings. The molecule has 20 heavy (non-hydrogen) atoms. The van der Waals surface area contributed by atoms with E-state index in [1.807, 2.05) is 24.0 Å². The maximum atomic E-state index is 12.4. The van der Waals surface area contributed by atoms with Crippen molar-refractivity contribution in [3.8, 4) is 11.8 Å². The summed E-state index contributed by atoms with van der Waals surface area (Å²) in [5, 5.41) is 8.71. The van der Waals surface area contributed by atoms with Crippen LogP contribution in [0.5, 0.6) is 0 Å². The van der Waals surface area contributed by atoms with Gasteiger partial charge in [-0.15, -0.1) is 0 Å². The monoisotopic (exact) mass is 273 g/mol. The number of morpholine rings is 1. The molecule has 4 heteroatoms. The highest BCUT2D eigenvalue weighted by atomic mass is 16.5. The zero-order valence-corrected chi connectivity index (χ0v) is 11.6. The molecule has 4 nitrogen and oxygen atoms in total. The van der Waals surface area contributed by atoms with Gasteiger partial charge in [0.05, 0.1) is 19.3 Å². The Morgan fingerprint density at radius 3 is 3.15 bits per heavy atom. The summed E-state index contributed by atoms with van der Waals surface area (Å²) in [5.41, 5.74) is 1.44. The molecule has 1 heterocycles. The third kappa shape index (κ3) is 3.83. The smallest absolute Gasteiger partial charge is 0.254 e. The Hall–Kier alpha value is -1.83. The standard InChI is InChI=1S/C16H19NO3/c1-13-12-17(8-10-20-13)16(19)15-7-4-6-14(11-15)5-2-3-9-18/h4,6-7,11,13,18H,3,8-10,12H2,1H3. The van der Waals surface area contributed by atoms with Crippen LogP contribution < -0.4 is 0 Å². The summed E-state index contributed by atoms with van der Waals surface area (Å²) in [5.74, 6) is 5.83. The molecule has 1 aromatic carbocycles. The van der Waals surface area contributed by atoms with Gasteiger partial charge in [0, 0.05) is 30.6 Å². The van der Waals surface area contributed by atoms with Crippen LogP contribution >= 0.6 is 0 Å². The molecule has 1 aliphatic heterocycles. The fraction of sp³-hybridized carbons (Fsp3) is 0.438. The van der Waals surface area contributed by atoms with E-state index in [1.54, 1.807) is 12.1 Å². The molecule has 0 spiro atoms. The van der Waals surface area contributed by atoms with Crippen LogP contribution in [0.4, 0.5) is 0 Å². The summed E-state index contributed by atoms with van der Waals surface area (Å²) in [6.07, 6.45) is 0.527.